The van der Waals surface area contributed by atoms with E-state index in [1.807, 2.05) is 42.5 Å². The Hall–Kier alpha value is -3.56. The van der Waals surface area contributed by atoms with Crippen molar-refractivity contribution in [3.05, 3.63) is 77.9 Å². The standard InChI is InChI=1S/C26H27N3O5S/c1-33-25-11-10-20(35(31,32)29-13-12-19-6-2-4-8-23(19)29)18-21(25)26(30)27-22-7-3-5-9-24(22)28-14-16-34-17-15-28/h2-11,18H,12-17H2,1H3,(H,27,30). The van der Waals surface area contributed by atoms with Gasteiger partial charge in [0.25, 0.3) is 15.9 Å². The maximum atomic E-state index is 13.5. The first kappa shape index (κ1) is 23.2. The van der Waals surface area contributed by atoms with Crippen molar-refractivity contribution in [3.8, 4) is 5.75 Å². The summed E-state index contributed by atoms with van der Waals surface area (Å²) in [6.45, 7) is 3.05. The number of ether oxygens (including phenoxy) is 2. The summed E-state index contributed by atoms with van der Waals surface area (Å²) < 4.78 is 39.3. The SMILES string of the molecule is COc1ccc(S(=O)(=O)N2CCc3ccccc32)cc1C(=O)Nc1ccccc1N1CCOCC1. The first-order chi connectivity index (χ1) is 17.0. The van der Waals surface area contributed by atoms with Gasteiger partial charge in [0, 0.05) is 19.6 Å². The number of rotatable bonds is 6. The van der Waals surface area contributed by atoms with Crippen LogP contribution < -0.4 is 19.3 Å². The van der Waals surface area contributed by atoms with Crippen molar-refractivity contribution in [2.75, 3.05) is 54.5 Å². The molecule has 3 aromatic carbocycles. The lowest BCUT2D eigenvalue weighted by molar-refractivity contribution is 0.102. The lowest BCUT2D eigenvalue weighted by Crippen LogP contribution is -2.36. The Morgan fingerprint density at radius 2 is 1.66 bits per heavy atom. The van der Waals surface area contributed by atoms with Gasteiger partial charge in [0.1, 0.15) is 5.75 Å². The van der Waals surface area contributed by atoms with E-state index in [2.05, 4.69) is 10.2 Å². The van der Waals surface area contributed by atoms with E-state index in [4.69, 9.17) is 9.47 Å². The average molecular weight is 494 g/mol. The van der Waals surface area contributed by atoms with Crippen molar-refractivity contribution in [1.82, 2.24) is 0 Å². The van der Waals surface area contributed by atoms with Gasteiger partial charge >= 0.3 is 0 Å². The van der Waals surface area contributed by atoms with E-state index < -0.39 is 15.9 Å². The molecule has 0 bridgehead atoms. The quantitative estimate of drug-likeness (QED) is 0.565. The molecule has 3 aromatic rings. The summed E-state index contributed by atoms with van der Waals surface area (Å²) in [6.07, 6.45) is 0.650. The predicted molar refractivity (Wildman–Crippen MR) is 135 cm³/mol. The van der Waals surface area contributed by atoms with Crippen molar-refractivity contribution in [1.29, 1.82) is 0 Å². The van der Waals surface area contributed by atoms with Gasteiger partial charge in [-0.3, -0.25) is 9.10 Å². The van der Waals surface area contributed by atoms with Gasteiger partial charge in [-0.25, -0.2) is 8.42 Å². The molecule has 0 saturated carbocycles. The molecule has 9 heteroatoms. The molecule has 8 nitrogen and oxygen atoms in total. The number of anilines is 3. The smallest absolute Gasteiger partial charge is 0.264 e. The number of benzene rings is 3. The van der Waals surface area contributed by atoms with Crippen LogP contribution in [0.2, 0.25) is 0 Å². The summed E-state index contributed by atoms with van der Waals surface area (Å²) in [7, 11) is -2.40. The van der Waals surface area contributed by atoms with Gasteiger partial charge in [-0.2, -0.15) is 0 Å². The van der Waals surface area contributed by atoms with Gasteiger partial charge in [-0.15, -0.1) is 0 Å². The molecule has 1 fully saturated rings. The van der Waals surface area contributed by atoms with Gasteiger partial charge in [0.2, 0.25) is 0 Å². The first-order valence-corrected chi connectivity index (χ1v) is 12.9. The molecule has 0 unspecified atom stereocenters. The van der Waals surface area contributed by atoms with Gasteiger partial charge in [0.15, 0.2) is 0 Å². The molecular weight excluding hydrogens is 466 g/mol. The maximum Gasteiger partial charge on any atom is 0.264 e. The molecule has 0 spiro atoms. The molecular formula is C26H27N3O5S. The second-order valence-electron chi connectivity index (χ2n) is 8.39. The number of morpholine rings is 1. The van der Waals surface area contributed by atoms with Crippen LogP contribution in [0.15, 0.2) is 71.6 Å². The number of nitrogens with one attached hydrogen (secondary N) is 1. The van der Waals surface area contributed by atoms with E-state index in [-0.39, 0.29) is 10.5 Å². The largest absolute Gasteiger partial charge is 0.496 e. The predicted octanol–water partition coefficient (Wildman–Crippen LogP) is 3.54. The van der Waals surface area contributed by atoms with Gasteiger partial charge < -0.3 is 19.7 Å². The molecule has 1 N–H and O–H groups in total. The summed E-state index contributed by atoms with van der Waals surface area (Å²) in [4.78, 5) is 15.6. The third kappa shape index (κ3) is 4.44. The fraction of sp³-hybridized carbons (Fsp3) is 0.269. The van der Waals surface area contributed by atoms with Crippen molar-refractivity contribution in [2.45, 2.75) is 11.3 Å². The second kappa shape index (κ2) is 9.59. The summed E-state index contributed by atoms with van der Waals surface area (Å²) in [5, 5.41) is 2.95. The van der Waals surface area contributed by atoms with E-state index in [1.165, 1.54) is 29.6 Å². The Morgan fingerprint density at radius 1 is 0.943 bits per heavy atom. The van der Waals surface area contributed by atoms with Crippen LogP contribution in [0.3, 0.4) is 0 Å². The van der Waals surface area contributed by atoms with Crippen LogP contribution >= 0.6 is 0 Å². The Morgan fingerprint density at radius 3 is 2.43 bits per heavy atom. The fourth-order valence-corrected chi connectivity index (χ4v) is 6.09. The Labute approximate surface area is 205 Å². The summed E-state index contributed by atoms with van der Waals surface area (Å²) in [5.41, 5.74) is 3.35. The van der Waals surface area contributed by atoms with Crippen molar-refractivity contribution < 1.29 is 22.7 Å². The molecule has 1 amide bonds. The fourth-order valence-electron chi connectivity index (χ4n) is 4.56. The molecule has 0 aliphatic carbocycles. The Balaban J connectivity index is 1.46. The van der Waals surface area contributed by atoms with Crippen LogP contribution in [0.25, 0.3) is 0 Å². The number of hydrogen-bond donors (Lipinski definition) is 1. The summed E-state index contributed by atoms with van der Waals surface area (Å²) in [5.74, 6) is -0.145. The van der Waals surface area contributed by atoms with E-state index in [1.54, 1.807) is 6.07 Å². The van der Waals surface area contributed by atoms with E-state index >= 15 is 0 Å². The van der Waals surface area contributed by atoms with Crippen molar-refractivity contribution in [3.63, 3.8) is 0 Å². The second-order valence-corrected chi connectivity index (χ2v) is 10.3. The zero-order chi connectivity index (χ0) is 24.4. The number of sulfonamides is 1. The zero-order valence-corrected chi connectivity index (χ0v) is 20.3. The van der Waals surface area contributed by atoms with E-state index in [9.17, 15) is 13.2 Å². The highest BCUT2D eigenvalue weighted by Crippen LogP contribution is 2.34. The van der Waals surface area contributed by atoms with Crippen LogP contribution in [0.4, 0.5) is 17.1 Å². The summed E-state index contributed by atoms with van der Waals surface area (Å²) in [6, 6.07) is 19.4. The minimum Gasteiger partial charge on any atom is -0.496 e. The van der Waals surface area contributed by atoms with Crippen molar-refractivity contribution in [2.24, 2.45) is 0 Å². The highest BCUT2D eigenvalue weighted by atomic mass is 32.2. The molecule has 1 saturated heterocycles. The molecule has 35 heavy (non-hydrogen) atoms. The number of nitrogens with zero attached hydrogens (tertiary/aromatic N) is 2. The maximum absolute atomic E-state index is 13.5. The monoisotopic (exact) mass is 493 g/mol. The topological polar surface area (TPSA) is 88.2 Å². The molecule has 2 aliphatic rings. The lowest BCUT2D eigenvalue weighted by atomic mass is 10.1. The van der Waals surface area contributed by atoms with Gasteiger partial charge in [-0.05, 0) is 48.4 Å². The minimum absolute atomic E-state index is 0.0432. The number of amides is 1. The van der Waals surface area contributed by atoms with Crippen LogP contribution in [-0.4, -0.2) is 54.3 Å². The number of hydrogen-bond acceptors (Lipinski definition) is 6. The molecule has 0 atom stereocenters. The average Bonchev–Trinajstić information content (AvgIpc) is 3.34. The first-order valence-electron chi connectivity index (χ1n) is 11.5. The minimum atomic E-state index is -3.86. The lowest BCUT2D eigenvalue weighted by Gasteiger charge is -2.30. The third-order valence-corrected chi connectivity index (χ3v) is 8.16. The third-order valence-electron chi connectivity index (χ3n) is 6.35. The molecule has 5 rings (SSSR count). The van der Waals surface area contributed by atoms with Crippen LogP contribution in [0.1, 0.15) is 15.9 Å². The van der Waals surface area contributed by atoms with Gasteiger partial charge in [0.05, 0.1) is 47.8 Å². The Bertz CT molecular complexity index is 1350. The number of para-hydroxylation sites is 3. The molecule has 0 radical (unpaired) electrons. The van der Waals surface area contributed by atoms with E-state index in [0.717, 1.165) is 24.3 Å². The Kier molecular flexibility index (Phi) is 6.36. The highest BCUT2D eigenvalue weighted by Gasteiger charge is 2.31. The van der Waals surface area contributed by atoms with E-state index in [0.29, 0.717) is 43.3 Å². The van der Waals surface area contributed by atoms with Crippen LogP contribution in [-0.2, 0) is 21.2 Å². The van der Waals surface area contributed by atoms with Crippen LogP contribution in [0.5, 0.6) is 5.75 Å². The molecule has 2 heterocycles. The highest BCUT2D eigenvalue weighted by molar-refractivity contribution is 7.92. The number of methoxy groups -OCH3 is 1. The van der Waals surface area contributed by atoms with Crippen LogP contribution in [0, 0.1) is 0 Å². The number of fused-ring (bicyclic) bond motifs is 1. The molecule has 0 aromatic heterocycles. The molecule has 182 valence electrons. The zero-order valence-electron chi connectivity index (χ0n) is 19.4. The number of carbonyl (C=O) groups excluding carboxylic acids is 1. The number of carbonyl (C=O) groups is 1. The summed E-state index contributed by atoms with van der Waals surface area (Å²) >= 11 is 0. The normalized spacial score (nSPS) is 15.6. The van der Waals surface area contributed by atoms with Crippen molar-refractivity contribution >= 4 is 33.0 Å². The molecule has 2 aliphatic heterocycles. The van der Waals surface area contributed by atoms with Gasteiger partial charge in [-0.1, -0.05) is 30.3 Å².